The van der Waals surface area contributed by atoms with Gasteiger partial charge >= 0.3 is 0 Å². The van der Waals surface area contributed by atoms with E-state index in [-0.39, 0.29) is 11.9 Å². The smallest absolute Gasteiger partial charge is 0.252 e. The van der Waals surface area contributed by atoms with Crippen LogP contribution >= 0.6 is 12.6 Å². The first-order chi connectivity index (χ1) is 8.66. The molecule has 18 heavy (non-hydrogen) atoms. The third kappa shape index (κ3) is 3.50. The van der Waals surface area contributed by atoms with Crippen molar-refractivity contribution in [1.29, 1.82) is 0 Å². The van der Waals surface area contributed by atoms with E-state index < -0.39 is 0 Å². The minimum atomic E-state index is -0.0349. The normalized spacial score (nSPS) is 17.7. The third-order valence-corrected chi connectivity index (χ3v) is 3.65. The van der Waals surface area contributed by atoms with E-state index in [1.165, 1.54) is 12.8 Å². The second-order valence-corrected chi connectivity index (χ2v) is 5.38. The highest BCUT2D eigenvalue weighted by Crippen LogP contribution is 2.13. The number of benzene rings is 1. The summed E-state index contributed by atoms with van der Waals surface area (Å²) in [5.41, 5.74) is 0.647. The number of likely N-dealkylation sites (tertiary alicyclic amines) is 1. The highest BCUT2D eigenvalue weighted by atomic mass is 32.1. The Labute approximate surface area is 114 Å². The molecule has 1 aliphatic rings. The molecule has 1 aliphatic heterocycles. The molecule has 1 aromatic rings. The average molecular weight is 264 g/mol. The van der Waals surface area contributed by atoms with Crippen molar-refractivity contribution in [2.45, 2.75) is 30.7 Å². The summed E-state index contributed by atoms with van der Waals surface area (Å²) in [6, 6.07) is 7.55. The van der Waals surface area contributed by atoms with Crippen LogP contribution in [0, 0.1) is 0 Å². The molecule has 0 aliphatic carbocycles. The fraction of sp³-hybridized carbons (Fsp3) is 0.500. The van der Waals surface area contributed by atoms with Crippen LogP contribution in [-0.2, 0) is 0 Å². The lowest BCUT2D eigenvalue weighted by atomic mass is 10.2. The number of thiol groups is 1. The van der Waals surface area contributed by atoms with E-state index >= 15 is 0 Å². The van der Waals surface area contributed by atoms with Crippen molar-refractivity contribution < 1.29 is 4.79 Å². The number of nitrogens with zero attached hydrogens (tertiary/aromatic N) is 1. The molecule has 0 saturated carbocycles. The number of hydrogen-bond donors (Lipinski definition) is 2. The Morgan fingerprint density at radius 3 is 2.72 bits per heavy atom. The molecule has 1 saturated heterocycles. The minimum absolute atomic E-state index is 0.0349. The molecule has 0 aromatic heterocycles. The van der Waals surface area contributed by atoms with Crippen molar-refractivity contribution in [2.75, 3.05) is 19.6 Å². The lowest BCUT2D eigenvalue weighted by molar-refractivity contribution is 0.0929. The van der Waals surface area contributed by atoms with E-state index in [1.807, 2.05) is 18.2 Å². The van der Waals surface area contributed by atoms with E-state index in [2.05, 4.69) is 29.8 Å². The summed E-state index contributed by atoms with van der Waals surface area (Å²) in [6.45, 7) is 5.30. The minimum Gasteiger partial charge on any atom is -0.348 e. The van der Waals surface area contributed by atoms with Crippen molar-refractivity contribution in [2.24, 2.45) is 0 Å². The van der Waals surface area contributed by atoms with E-state index in [4.69, 9.17) is 0 Å². The van der Waals surface area contributed by atoms with Crippen LogP contribution in [0.3, 0.4) is 0 Å². The molecule has 98 valence electrons. The number of rotatable bonds is 4. The number of carbonyl (C=O) groups excluding carboxylic acids is 1. The molecule has 0 spiro atoms. The Balaban J connectivity index is 1.88. The average Bonchev–Trinajstić information content (AvgIpc) is 2.82. The van der Waals surface area contributed by atoms with Crippen LogP contribution in [0.4, 0.5) is 0 Å². The van der Waals surface area contributed by atoms with Crippen molar-refractivity contribution in [3.05, 3.63) is 29.8 Å². The Hall–Kier alpha value is -1.00. The van der Waals surface area contributed by atoms with Gasteiger partial charge in [-0.2, -0.15) is 0 Å². The predicted molar refractivity (Wildman–Crippen MR) is 76.3 cm³/mol. The summed E-state index contributed by atoms with van der Waals surface area (Å²) < 4.78 is 0. The van der Waals surface area contributed by atoms with Crippen molar-refractivity contribution >= 4 is 18.5 Å². The van der Waals surface area contributed by atoms with Gasteiger partial charge in [-0.15, -0.1) is 12.6 Å². The molecule has 0 bridgehead atoms. The molecule has 1 heterocycles. The van der Waals surface area contributed by atoms with Crippen LogP contribution in [0.2, 0.25) is 0 Å². The summed E-state index contributed by atoms with van der Waals surface area (Å²) in [5, 5.41) is 3.03. The molecule has 1 atom stereocenters. The molecule has 1 amide bonds. The fourth-order valence-corrected chi connectivity index (χ4v) is 2.63. The van der Waals surface area contributed by atoms with E-state index in [0.717, 1.165) is 24.5 Å². The van der Waals surface area contributed by atoms with Crippen LogP contribution in [0.5, 0.6) is 0 Å². The van der Waals surface area contributed by atoms with Crippen molar-refractivity contribution in [3.8, 4) is 0 Å². The predicted octanol–water partition coefficient (Wildman–Crippen LogP) is 2.19. The summed E-state index contributed by atoms with van der Waals surface area (Å²) in [7, 11) is 0. The van der Waals surface area contributed by atoms with Crippen LogP contribution in [-0.4, -0.2) is 36.5 Å². The summed E-state index contributed by atoms with van der Waals surface area (Å²) >= 11 is 4.31. The zero-order valence-electron chi connectivity index (χ0n) is 10.7. The standard InChI is InChI=1S/C14H20N2OS/c1-11(10-16-8-4-5-9-16)15-14(17)12-6-2-3-7-13(12)18/h2-3,6-7,11,18H,4-5,8-10H2,1H3,(H,15,17). The first kappa shape index (κ1) is 13.4. The third-order valence-electron chi connectivity index (χ3n) is 3.26. The SMILES string of the molecule is CC(CN1CCCC1)NC(=O)c1ccccc1S. The second-order valence-electron chi connectivity index (χ2n) is 4.90. The number of nitrogens with one attached hydrogen (secondary N) is 1. The molecule has 1 aromatic carbocycles. The van der Waals surface area contributed by atoms with E-state index in [0.29, 0.717) is 5.56 Å². The van der Waals surface area contributed by atoms with Gasteiger partial charge in [-0.1, -0.05) is 12.1 Å². The Morgan fingerprint density at radius 1 is 1.39 bits per heavy atom. The largest absolute Gasteiger partial charge is 0.348 e. The van der Waals surface area contributed by atoms with Gasteiger partial charge in [0, 0.05) is 17.5 Å². The van der Waals surface area contributed by atoms with Crippen LogP contribution in [0.1, 0.15) is 30.1 Å². The zero-order valence-corrected chi connectivity index (χ0v) is 11.6. The van der Waals surface area contributed by atoms with Gasteiger partial charge in [0.05, 0.1) is 5.56 Å². The lowest BCUT2D eigenvalue weighted by Gasteiger charge is -2.21. The van der Waals surface area contributed by atoms with Gasteiger partial charge in [0.25, 0.3) is 5.91 Å². The number of amides is 1. The second kappa shape index (κ2) is 6.25. The van der Waals surface area contributed by atoms with Gasteiger partial charge < -0.3 is 10.2 Å². The monoisotopic (exact) mass is 264 g/mol. The van der Waals surface area contributed by atoms with E-state index in [1.54, 1.807) is 6.07 Å². The molecule has 3 nitrogen and oxygen atoms in total. The summed E-state index contributed by atoms with van der Waals surface area (Å²) in [5.74, 6) is -0.0349. The molecule has 2 rings (SSSR count). The van der Waals surface area contributed by atoms with Gasteiger partial charge in [-0.05, 0) is 45.0 Å². The van der Waals surface area contributed by atoms with Gasteiger partial charge in [-0.3, -0.25) is 4.79 Å². The highest BCUT2D eigenvalue weighted by molar-refractivity contribution is 7.80. The summed E-state index contributed by atoms with van der Waals surface area (Å²) in [6.07, 6.45) is 2.56. The van der Waals surface area contributed by atoms with Gasteiger partial charge in [-0.25, -0.2) is 0 Å². The Kier molecular flexibility index (Phi) is 4.66. The topological polar surface area (TPSA) is 32.3 Å². The van der Waals surface area contributed by atoms with Gasteiger partial charge in [0.2, 0.25) is 0 Å². The fourth-order valence-electron chi connectivity index (χ4n) is 2.37. The Bertz CT molecular complexity index is 416. The molecule has 1 fully saturated rings. The lowest BCUT2D eigenvalue weighted by Crippen LogP contribution is -2.41. The first-order valence-electron chi connectivity index (χ1n) is 6.48. The van der Waals surface area contributed by atoms with Crippen molar-refractivity contribution in [3.63, 3.8) is 0 Å². The summed E-state index contributed by atoms with van der Waals surface area (Å²) in [4.78, 5) is 15.2. The van der Waals surface area contributed by atoms with Crippen LogP contribution in [0.15, 0.2) is 29.2 Å². The zero-order chi connectivity index (χ0) is 13.0. The first-order valence-corrected chi connectivity index (χ1v) is 6.93. The molecule has 0 radical (unpaired) electrons. The number of hydrogen-bond acceptors (Lipinski definition) is 3. The maximum Gasteiger partial charge on any atom is 0.252 e. The maximum absolute atomic E-state index is 12.1. The van der Waals surface area contributed by atoms with E-state index in [9.17, 15) is 4.79 Å². The molecular formula is C14H20N2OS. The van der Waals surface area contributed by atoms with Gasteiger partial charge in [0.15, 0.2) is 0 Å². The molecule has 1 N–H and O–H groups in total. The van der Waals surface area contributed by atoms with Crippen molar-refractivity contribution in [1.82, 2.24) is 10.2 Å². The highest BCUT2D eigenvalue weighted by Gasteiger charge is 2.17. The molecule has 4 heteroatoms. The maximum atomic E-state index is 12.1. The molecular weight excluding hydrogens is 244 g/mol. The number of carbonyl (C=O) groups is 1. The van der Waals surface area contributed by atoms with Gasteiger partial charge in [0.1, 0.15) is 0 Å². The van der Waals surface area contributed by atoms with Crippen LogP contribution < -0.4 is 5.32 Å². The molecule has 1 unspecified atom stereocenters. The quantitative estimate of drug-likeness (QED) is 0.817. The Morgan fingerprint density at radius 2 is 2.06 bits per heavy atom. The van der Waals surface area contributed by atoms with Crippen LogP contribution in [0.25, 0.3) is 0 Å².